The Kier molecular flexibility index (Phi) is 5.58. The number of rotatable bonds is 6. The monoisotopic (exact) mass is 359 g/mol. The molecule has 0 radical (unpaired) electrons. The largest absolute Gasteiger partial charge is 0.356 e. The molecule has 1 atom stereocenters. The summed E-state index contributed by atoms with van der Waals surface area (Å²) in [6.45, 7) is 4.27. The second-order valence-electron chi connectivity index (χ2n) is 6.76. The third-order valence-electron chi connectivity index (χ3n) is 4.50. The summed E-state index contributed by atoms with van der Waals surface area (Å²) in [6.07, 6.45) is 4.54. The molecule has 25 heavy (non-hydrogen) atoms. The zero-order chi connectivity index (χ0) is 17.7. The number of piperidine rings is 1. The van der Waals surface area contributed by atoms with Gasteiger partial charge in [-0.3, -0.25) is 4.72 Å². The standard InChI is InChI=1S/C19H25N3O2S/c1-16-6-5-12-22(15-16)19-10-9-18(14-20-19)21-25(23,24)13-11-17-7-3-2-4-8-17/h2-4,7-10,14,16,21H,5-6,11-13,15H2,1H3. The van der Waals surface area contributed by atoms with Crippen molar-refractivity contribution in [3.8, 4) is 0 Å². The van der Waals surface area contributed by atoms with Crippen molar-refractivity contribution in [3.05, 3.63) is 54.2 Å². The number of aryl methyl sites for hydroxylation is 1. The highest BCUT2D eigenvalue weighted by atomic mass is 32.2. The molecule has 1 N–H and O–H groups in total. The molecule has 2 heterocycles. The van der Waals surface area contributed by atoms with E-state index in [-0.39, 0.29) is 5.75 Å². The minimum atomic E-state index is -3.38. The quantitative estimate of drug-likeness (QED) is 0.860. The lowest BCUT2D eigenvalue weighted by Gasteiger charge is -2.31. The molecule has 1 aliphatic rings. The molecule has 3 rings (SSSR count). The molecule has 134 valence electrons. The minimum absolute atomic E-state index is 0.0579. The van der Waals surface area contributed by atoms with Gasteiger partial charge in [-0.1, -0.05) is 37.3 Å². The molecule has 0 saturated carbocycles. The first-order valence-electron chi connectivity index (χ1n) is 8.77. The predicted molar refractivity (Wildman–Crippen MR) is 102 cm³/mol. The van der Waals surface area contributed by atoms with Crippen LogP contribution >= 0.6 is 0 Å². The van der Waals surface area contributed by atoms with E-state index in [1.807, 2.05) is 36.4 Å². The lowest BCUT2D eigenvalue weighted by atomic mass is 10.0. The number of nitrogens with zero attached hydrogens (tertiary/aromatic N) is 2. The first-order valence-corrected chi connectivity index (χ1v) is 10.4. The normalized spacial score (nSPS) is 18.1. The van der Waals surface area contributed by atoms with Crippen LogP contribution in [0.3, 0.4) is 0 Å². The van der Waals surface area contributed by atoms with Crippen molar-refractivity contribution >= 4 is 21.5 Å². The van der Waals surface area contributed by atoms with Crippen molar-refractivity contribution in [2.75, 3.05) is 28.5 Å². The van der Waals surface area contributed by atoms with Gasteiger partial charge in [0.2, 0.25) is 10.0 Å². The van der Waals surface area contributed by atoms with Gasteiger partial charge < -0.3 is 4.90 Å². The van der Waals surface area contributed by atoms with E-state index in [0.717, 1.165) is 24.5 Å². The molecule has 2 aromatic rings. The molecule has 1 aromatic carbocycles. The zero-order valence-corrected chi connectivity index (χ0v) is 15.4. The summed E-state index contributed by atoms with van der Waals surface area (Å²) >= 11 is 0. The van der Waals surface area contributed by atoms with Crippen LogP contribution in [0.25, 0.3) is 0 Å². The molecule has 1 saturated heterocycles. The summed E-state index contributed by atoms with van der Waals surface area (Å²) in [6, 6.07) is 13.3. The highest BCUT2D eigenvalue weighted by Crippen LogP contribution is 2.22. The molecule has 6 heteroatoms. The fourth-order valence-electron chi connectivity index (χ4n) is 3.16. The number of hydrogen-bond donors (Lipinski definition) is 1. The van der Waals surface area contributed by atoms with Crippen LogP contribution in [0.2, 0.25) is 0 Å². The molecule has 0 bridgehead atoms. The van der Waals surface area contributed by atoms with Gasteiger partial charge in [-0.2, -0.15) is 0 Å². The van der Waals surface area contributed by atoms with Crippen LogP contribution in [0.1, 0.15) is 25.3 Å². The van der Waals surface area contributed by atoms with E-state index in [1.165, 1.54) is 12.8 Å². The molecule has 1 aliphatic heterocycles. The van der Waals surface area contributed by atoms with E-state index < -0.39 is 10.0 Å². The van der Waals surface area contributed by atoms with Gasteiger partial charge in [0.25, 0.3) is 0 Å². The maximum atomic E-state index is 12.3. The van der Waals surface area contributed by atoms with Crippen molar-refractivity contribution < 1.29 is 8.42 Å². The Labute approximate surface area is 150 Å². The van der Waals surface area contributed by atoms with Crippen molar-refractivity contribution in [1.82, 2.24) is 4.98 Å². The van der Waals surface area contributed by atoms with Crippen LogP contribution in [0.5, 0.6) is 0 Å². The lowest BCUT2D eigenvalue weighted by molar-refractivity contribution is 0.444. The van der Waals surface area contributed by atoms with Crippen LogP contribution in [0.15, 0.2) is 48.7 Å². The maximum absolute atomic E-state index is 12.3. The predicted octanol–water partition coefficient (Wildman–Crippen LogP) is 3.30. The van der Waals surface area contributed by atoms with E-state index in [1.54, 1.807) is 12.3 Å². The molecular weight excluding hydrogens is 334 g/mol. The van der Waals surface area contributed by atoms with Crippen LogP contribution in [0, 0.1) is 5.92 Å². The van der Waals surface area contributed by atoms with E-state index in [0.29, 0.717) is 18.0 Å². The Bertz CT molecular complexity index is 776. The number of nitrogens with one attached hydrogen (secondary N) is 1. The SMILES string of the molecule is CC1CCCN(c2ccc(NS(=O)(=O)CCc3ccccc3)cn2)C1. The summed E-state index contributed by atoms with van der Waals surface area (Å²) in [5, 5.41) is 0. The molecule has 0 aliphatic carbocycles. The average Bonchev–Trinajstić information content (AvgIpc) is 2.61. The molecule has 0 amide bonds. The third kappa shape index (κ3) is 5.19. The molecule has 1 unspecified atom stereocenters. The Morgan fingerprint density at radius 3 is 2.68 bits per heavy atom. The fraction of sp³-hybridized carbons (Fsp3) is 0.421. The molecule has 1 aromatic heterocycles. The second-order valence-corrected chi connectivity index (χ2v) is 8.60. The number of anilines is 2. The highest BCUT2D eigenvalue weighted by molar-refractivity contribution is 7.92. The number of hydrogen-bond acceptors (Lipinski definition) is 4. The van der Waals surface area contributed by atoms with Gasteiger partial charge in [0.05, 0.1) is 17.6 Å². The van der Waals surface area contributed by atoms with E-state index in [9.17, 15) is 8.42 Å². The van der Waals surface area contributed by atoms with Crippen molar-refractivity contribution in [2.24, 2.45) is 5.92 Å². The van der Waals surface area contributed by atoms with Crippen LogP contribution < -0.4 is 9.62 Å². The Morgan fingerprint density at radius 2 is 2.00 bits per heavy atom. The van der Waals surface area contributed by atoms with Gasteiger partial charge in [-0.15, -0.1) is 0 Å². The summed E-state index contributed by atoms with van der Waals surface area (Å²) in [5.74, 6) is 1.65. The van der Waals surface area contributed by atoms with Crippen molar-refractivity contribution in [3.63, 3.8) is 0 Å². The molecule has 1 fully saturated rings. The van der Waals surface area contributed by atoms with Crippen LogP contribution in [0.4, 0.5) is 11.5 Å². The Morgan fingerprint density at radius 1 is 1.20 bits per heavy atom. The first kappa shape index (κ1) is 17.7. The molecule has 5 nitrogen and oxygen atoms in total. The maximum Gasteiger partial charge on any atom is 0.233 e. The average molecular weight is 359 g/mol. The van der Waals surface area contributed by atoms with Gasteiger partial charge in [-0.25, -0.2) is 13.4 Å². The first-order chi connectivity index (χ1) is 12.0. The second kappa shape index (κ2) is 7.87. The smallest absolute Gasteiger partial charge is 0.233 e. The van der Waals surface area contributed by atoms with Gasteiger partial charge in [0.15, 0.2) is 0 Å². The minimum Gasteiger partial charge on any atom is -0.356 e. The van der Waals surface area contributed by atoms with E-state index in [2.05, 4.69) is 21.5 Å². The molecule has 0 spiro atoms. The summed E-state index contributed by atoms with van der Waals surface area (Å²) < 4.78 is 27.1. The van der Waals surface area contributed by atoms with E-state index >= 15 is 0 Å². The fourth-order valence-corrected chi connectivity index (χ4v) is 4.24. The number of sulfonamides is 1. The molecular formula is C19H25N3O2S. The number of pyridine rings is 1. The van der Waals surface area contributed by atoms with Gasteiger partial charge in [0.1, 0.15) is 5.82 Å². The van der Waals surface area contributed by atoms with Crippen LogP contribution in [-0.2, 0) is 16.4 Å². The van der Waals surface area contributed by atoms with Crippen molar-refractivity contribution in [2.45, 2.75) is 26.2 Å². The van der Waals surface area contributed by atoms with Gasteiger partial charge >= 0.3 is 0 Å². The summed E-state index contributed by atoms with van der Waals surface area (Å²) in [4.78, 5) is 6.70. The highest BCUT2D eigenvalue weighted by Gasteiger charge is 2.18. The lowest BCUT2D eigenvalue weighted by Crippen LogP contribution is -2.34. The van der Waals surface area contributed by atoms with E-state index in [4.69, 9.17) is 0 Å². The zero-order valence-electron chi connectivity index (χ0n) is 14.6. The Hall–Kier alpha value is -2.08. The number of aromatic nitrogens is 1. The van der Waals surface area contributed by atoms with Crippen molar-refractivity contribution in [1.29, 1.82) is 0 Å². The summed E-state index contributed by atoms with van der Waals surface area (Å²) in [5.41, 5.74) is 1.53. The Balaban J connectivity index is 1.58. The topological polar surface area (TPSA) is 62.3 Å². The third-order valence-corrected chi connectivity index (χ3v) is 5.79. The van der Waals surface area contributed by atoms with Gasteiger partial charge in [-0.05, 0) is 42.9 Å². The number of benzene rings is 1. The summed E-state index contributed by atoms with van der Waals surface area (Å²) in [7, 11) is -3.38. The van der Waals surface area contributed by atoms with Gasteiger partial charge in [0, 0.05) is 13.1 Å². The van der Waals surface area contributed by atoms with Crippen LogP contribution in [-0.4, -0.2) is 32.2 Å².